The molecule has 1 saturated carbocycles. The number of pyridine rings is 1. The van der Waals surface area contributed by atoms with Crippen molar-refractivity contribution < 1.29 is 14.3 Å². The van der Waals surface area contributed by atoms with Gasteiger partial charge >= 0.3 is 0 Å². The van der Waals surface area contributed by atoms with Crippen molar-refractivity contribution in [1.29, 1.82) is 0 Å². The average Bonchev–Trinajstić information content (AvgIpc) is 3.72. The summed E-state index contributed by atoms with van der Waals surface area (Å²) < 4.78 is 11.1. The van der Waals surface area contributed by atoms with Gasteiger partial charge in [-0.25, -0.2) is 0 Å². The van der Waals surface area contributed by atoms with Crippen LogP contribution in [0.15, 0.2) is 72.9 Å². The van der Waals surface area contributed by atoms with Crippen molar-refractivity contribution >= 4 is 11.6 Å². The van der Waals surface area contributed by atoms with E-state index < -0.39 is 0 Å². The molecule has 0 spiro atoms. The highest BCUT2D eigenvalue weighted by Gasteiger charge is 2.47. The number of nitrogens with two attached hydrogens (primary N) is 1. The van der Waals surface area contributed by atoms with E-state index in [9.17, 15) is 4.79 Å². The Kier molecular flexibility index (Phi) is 8.52. The third kappa shape index (κ3) is 6.38. The first-order valence-electron chi connectivity index (χ1n) is 12.7. The summed E-state index contributed by atoms with van der Waals surface area (Å²) in [4.78, 5) is 19.9. The lowest BCUT2D eigenvalue weighted by atomic mass is 10.0. The molecule has 4 atom stereocenters. The highest BCUT2D eigenvalue weighted by atomic mass is 16.5. The van der Waals surface area contributed by atoms with Crippen LogP contribution in [0.1, 0.15) is 44.4 Å². The van der Waals surface area contributed by atoms with E-state index in [0.717, 1.165) is 34.5 Å². The van der Waals surface area contributed by atoms with Gasteiger partial charge in [-0.15, -0.1) is 0 Å². The minimum absolute atomic E-state index is 0.0785. The van der Waals surface area contributed by atoms with Gasteiger partial charge < -0.3 is 20.1 Å². The molecule has 0 unspecified atom stereocenters. The maximum atomic E-state index is 13.6. The number of amides is 1. The topological polar surface area (TPSA) is 77.7 Å². The highest BCUT2D eigenvalue weighted by molar-refractivity contribution is 5.97. The number of carbonyl (C=O) groups is 1. The number of hydrogen-bond donors (Lipinski definition) is 1. The third-order valence-corrected chi connectivity index (χ3v) is 6.86. The molecule has 6 heteroatoms. The predicted octanol–water partition coefficient (Wildman–Crippen LogP) is 5.17. The molecule has 0 saturated heterocycles. The average molecular weight is 488 g/mol. The number of ether oxygens (including phenoxy) is 2. The Morgan fingerprint density at radius 1 is 1.03 bits per heavy atom. The van der Waals surface area contributed by atoms with Crippen molar-refractivity contribution in [3.63, 3.8) is 0 Å². The lowest BCUT2D eigenvalue weighted by molar-refractivity contribution is -0.120. The molecule has 0 bridgehead atoms. The Morgan fingerprint density at radius 2 is 1.69 bits per heavy atom. The third-order valence-electron chi connectivity index (χ3n) is 6.86. The van der Waals surface area contributed by atoms with Crippen LogP contribution in [-0.4, -0.2) is 42.8 Å². The number of carbonyl (C=O) groups excluding carboxylic acids is 1. The predicted molar refractivity (Wildman–Crippen MR) is 144 cm³/mol. The van der Waals surface area contributed by atoms with E-state index in [1.165, 1.54) is 0 Å². The Morgan fingerprint density at radius 3 is 2.28 bits per heavy atom. The van der Waals surface area contributed by atoms with E-state index in [-0.39, 0.29) is 36.0 Å². The van der Waals surface area contributed by atoms with Gasteiger partial charge in [0.1, 0.15) is 0 Å². The van der Waals surface area contributed by atoms with Crippen LogP contribution in [0.5, 0.6) is 0 Å². The molecule has 0 aliphatic heterocycles. The second kappa shape index (κ2) is 11.8. The van der Waals surface area contributed by atoms with Gasteiger partial charge in [0.05, 0.1) is 18.8 Å². The van der Waals surface area contributed by atoms with Crippen molar-refractivity contribution in [1.82, 2.24) is 4.98 Å². The van der Waals surface area contributed by atoms with E-state index in [0.29, 0.717) is 13.2 Å². The SMILES string of the molecule is CO[C@H](C)[C@H](N)CN(C(=O)[C@@H]1C[C@H]1c1ccccn1)c1ccc(-c2ccc(COC(C)C)cc2)cc1. The summed E-state index contributed by atoms with van der Waals surface area (Å²) in [7, 11) is 1.64. The molecule has 36 heavy (non-hydrogen) atoms. The molecule has 6 nitrogen and oxygen atoms in total. The van der Waals surface area contributed by atoms with Gasteiger partial charge in [-0.05, 0) is 68.1 Å². The lowest BCUT2D eigenvalue weighted by Crippen LogP contribution is -2.47. The monoisotopic (exact) mass is 487 g/mol. The minimum Gasteiger partial charge on any atom is -0.380 e. The summed E-state index contributed by atoms with van der Waals surface area (Å²) in [5, 5.41) is 0. The van der Waals surface area contributed by atoms with E-state index in [1.54, 1.807) is 13.3 Å². The van der Waals surface area contributed by atoms with Crippen LogP contribution >= 0.6 is 0 Å². The van der Waals surface area contributed by atoms with Crippen molar-refractivity contribution in [2.45, 2.75) is 58.0 Å². The fraction of sp³-hybridized carbons (Fsp3) is 0.400. The summed E-state index contributed by atoms with van der Waals surface area (Å²) >= 11 is 0. The molecular weight excluding hydrogens is 450 g/mol. The van der Waals surface area contributed by atoms with Crippen LogP contribution in [0.2, 0.25) is 0 Å². The molecule has 3 aromatic rings. The number of nitrogens with zero attached hydrogens (tertiary/aromatic N) is 2. The van der Waals surface area contributed by atoms with Crippen LogP contribution in [0.4, 0.5) is 5.69 Å². The number of anilines is 1. The summed E-state index contributed by atoms with van der Waals surface area (Å²) in [5.41, 5.74) is 11.6. The fourth-order valence-electron chi connectivity index (χ4n) is 4.34. The molecule has 1 aromatic heterocycles. The van der Waals surface area contributed by atoms with Crippen LogP contribution in [0, 0.1) is 5.92 Å². The first-order chi connectivity index (χ1) is 17.4. The zero-order chi connectivity index (χ0) is 25.7. The summed E-state index contributed by atoms with van der Waals surface area (Å²) in [5.74, 6) is 0.173. The Bertz CT molecular complexity index is 1120. The molecule has 2 N–H and O–H groups in total. The number of rotatable bonds is 11. The van der Waals surface area contributed by atoms with Gasteiger partial charge in [-0.1, -0.05) is 42.5 Å². The molecular formula is C30H37N3O3. The van der Waals surface area contributed by atoms with Gasteiger partial charge in [0, 0.05) is 49.1 Å². The number of aromatic nitrogens is 1. The van der Waals surface area contributed by atoms with E-state index in [2.05, 4.69) is 41.4 Å². The minimum atomic E-state index is -0.300. The quantitative estimate of drug-likeness (QED) is 0.404. The zero-order valence-corrected chi connectivity index (χ0v) is 21.6. The Balaban J connectivity index is 1.51. The van der Waals surface area contributed by atoms with Crippen molar-refractivity contribution in [3.05, 3.63) is 84.2 Å². The molecule has 2 aromatic carbocycles. The van der Waals surface area contributed by atoms with Gasteiger partial charge in [-0.2, -0.15) is 0 Å². The molecule has 1 heterocycles. The van der Waals surface area contributed by atoms with E-state index in [4.69, 9.17) is 15.2 Å². The van der Waals surface area contributed by atoms with Crippen LogP contribution in [0.25, 0.3) is 11.1 Å². The van der Waals surface area contributed by atoms with E-state index in [1.807, 2.05) is 56.0 Å². The van der Waals surface area contributed by atoms with Crippen molar-refractivity contribution in [3.8, 4) is 11.1 Å². The fourth-order valence-corrected chi connectivity index (χ4v) is 4.34. The summed E-state index contributed by atoms with van der Waals surface area (Å²) in [6.07, 6.45) is 2.64. The molecule has 1 fully saturated rings. The van der Waals surface area contributed by atoms with Gasteiger partial charge in [-0.3, -0.25) is 9.78 Å². The Labute approximate surface area is 214 Å². The second-order valence-corrected chi connectivity index (χ2v) is 9.86. The first kappa shape index (κ1) is 26.0. The lowest BCUT2D eigenvalue weighted by Gasteiger charge is -2.29. The number of hydrogen-bond acceptors (Lipinski definition) is 5. The maximum Gasteiger partial charge on any atom is 0.230 e. The second-order valence-electron chi connectivity index (χ2n) is 9.86. The standard InChI is InChI=1S/C30H37N3O3/c1-20(2)36-19-22-8-10-23(11-9-22)24-12-14-25(15-13-24)33(18-28(31)21(3)35-4)30(34)27-17-26(27)29-7-5-6-16-32-29/h5-16,20-21,26-28H,17-19,31H2,1-4H3/t21-,26-,27-,28-/m1/s1. The largest absolute Gasteiger partial charge is 0.380 e. The first-order valence-corrected chi connectivity index (χ1v) is 12.7. The van der Waals surface area contributed by atoms with Crippen molar-refractivity contribution in [2.75, 3.05) is 18.6 Å². The summed E-state index contributed by atoms with van der Waals surface area (Å²) in [6.45, 7) is 7.00. The maximum absolute atomic E-state index is 13.6. The van der Waals surface area contributed by atoms with Gasteiger partial charge in [0.2, 0.25) is 5.91 Å². The molecule has 1 amide bonds. The number of benzene rings is 2. The van der Waals surface area contributed by atoms with Gasteiger partial charge in [0.15, 0.2) is 0 Å². The Hall–Kier alpha value is -3.06. The van der Waals surface area contributed by atoms with Crippen LogP contribution in [-0.2, 0) is 20.9 Å². The molecule has 1 aliphatic carbocycles. The van der Waals surface area contributed by atoms with Crippen LogP contribution < -0.4 is 10.6 Å². The molecule has 4 rings (SSSR count). The summed E-state index contributed by atoms with van der Waals surface area (Å²) in [6, 6.07) is 22.1. The normalized spacial score (nSPS) is 18.6. The van der Waals surface area contributed by atoms with E-state index >= 15 is 0 Å². The highest BCUT2D eigenvalue weighted by Crippen LogP contribution is 2.48. The van der Waals surface area contributed by atoms with Crippen molar-refractivity contribution in [2.24, 2.45) is 11.7 Å². The molecule has 190 valence electrons. The molecule has 0 radical (unpaired) electrons. The zero-order valence-electron chi connectivity index (χ0n) is 21.6. The smallest absolute Gasteiger partial charge is 0.230 e. The molecule has 1 aliphatic rings. The van der Waals surface area contributed by atoms with Crippen LogP contribution in [0.3, 0.4) is 0 Å². The van der Waals surface area contributed by atoms with Gasteiger partial charge in [0.25, 0.3) is 0 Å². The number of methoxy groups -OCH3 is 1.